The number of carbonyl (C=O) groups is 1. The zero-order valence-corrected chi connectivity index (χ0v) is 11.2. The molecule has 0 aromatic heterocycles. The minimum absolute atomic E-state index is 0.0211. The second-order valence-electron chi connectivity index (χ2n) is 4.76. The number of amides is 1. The van der Waals surface area contributed by atoms with Crippen LogP contribution >= 0.6 is 0 Å². The zero-order valence-electron chi connectivity index (χ0n) is 11.2. The van der Waals surface area contributed by atoms with E-state index in [2.05, 4.69) is 5.32 Å². The summed E-state index contributed by atoms with van der Waals surface area (Å²) in [5.41, 5.74) is 0.0341. The molecule has 104 valence electrons. The topological polar surface area (TPSA) is 72.2 Å². The lowest BCUT2D eigenvalue weighted by molar-refractivity contribution is -0.384. The fraction of sp³-hybridized carbons (Fsp3) is 0.267. The lowest BCUT2D eigenvalue weighted by atomic mass is 9.88. The molecule has 1 N–H and O–H groups in total. The Morgan fingerprint density at radius 2 is 2.05 bits per heavy atom. The van der Waals surface area contributed by atoms with Gasteiger partial charge in [-0.15, -0.1) is 0 Å². The van der Waals surface area contributed by atoms with Crippen LogP contribution in [0.5, 0.6) is 0 Å². The van der Waals surface area contributed by atoms with E-state index >= 15 is 0 Å². The molecule has 1 aliphatic carbocycles. The molecule has 0 aliphatic heterocycles. The van der Waals surface area contributed by atoms with E-state index in [0.29, 0.717) is 5.56 Å². The van der Waals surface area contributed by atoms with Gasteiger partial charge in [0.25, 0.3) is 11.6 Å². The molecule has 0 bridgehead atoms. The van der Waals surface area contributed by atoms with Gasteiger partial charge in [0.1, 0.15) is 0 Å². The Hall–Kier alpha value is -2.43. The van der Waals surface area contributed by atoms with Gasteiger partial charge in [-0.05, 0) is 25.0 Å². The summed E-state index contributed by atoms with van der Waals surface area (Å²) < 4.78 is 0. The molecule has 0 saturated heterocycles. The second-order valence-corrected chi connectivity index (χ2v) is 4.76. The van der Waals surface area contributed by atoms with Crippen molar-refractivity contribution in [2.45, 2.75) is 25.3 Å². The molecule has 5 nitrogen and oxygen atoms in total. The highest BCUT2D eigenvalue weighted by molar-refractivity contribution is 5.95. The number of hydrogen-bond acceptors (Lipinski definition) is 3. The average molecular weight is 272 g/mol. The average Bonchev–Trinajstić information content (AvgIpc) is 2.48. The van der Waals surface area contributed by atoms with Gasteiger partial charge in [0, 0.05) is 17.7 Å². The summed E-state index contributed by atoms with van der Waals surface area (Å²) in [6, 6.07) is 5.62. The lowest BCUT2D eigenvalue weighted by Crippen LogP contribution is -2.46. The maximum atomic E-state index is 12.2. The van der Waals surface area contributed by atoms with Gasteiger partial charge in [-0.1, -0.05) is 31.2 Å². The van der Waals surface area contributed by atoms with Gasteiger partial charge in [-0.2, -0.15) is 0 Å². The Kier molecular flexibility index (Phi) is 3.98. The van der Waals surface area contributed by atoms with Crippen LogP contribution in [0.15, 0.2) is 48.6 Å². The minimum atomic E-state index is -0.482. The first-order valence-electron chi connectivity index (χ1n) is 6.48. The van der Waals surface area contributed by atoms with Crippen molar-refractivity contribution < 1.29 is 9.72 Å². The molecule has 2 rings (SSSR count). The number of non-ortho nitro benzene ring substituents is 1. The summed E-state index contributed by atoms with van der Waals surface area (Å²) in [7, 11) is 0. The highest BCUT2D eigenvalue weighted by atomic mass is 16.6. The third-order valence-electron chi connectivity index (χ3n) is 3.48. The molecule has 1 aliphatic rings. The second kappa shape index (κ2) is 5.69. The Labute approximate surface area is 117 Å². The number of nitro groups is 1. The molecule has 0 radical (unpaired) electrons. The van der Waals surface area contributed by atoms with Crippen LogP contribution in [0.3, 0.4) is 0 Å². The monoisotopic (exact) mass is 272 g/mol. The van der Waals surface area contributed by atoms with E-state index in [9.17, 15) is 14.9 Å². The summed E-state index contributed by atoms with van der Waals surface area (Å²) in [4.78, 5) is 22.3. The highest BCUT2D eigenvalue weighted by Gasteiger charge is 2.27. The largest absolute Gasteiger partial charge is 0.343 e. The number of rotatable bonds is 4. The predicted molar refractivity (Wildman–Crippen MR) is 76.5 cm³/mol. The molecule has 1 aromatic rings. The third kappa shape index (κ3) is 2.93. The molecule has 0 saturated carbocycles. The van der Waals surface area contributed by atoms with Crippen molar-refractivity contribution in [2.24, 2.45) is 0 Å². The van der Waals surface area contributed by atoms with Crippen molar-refractivity contribution in [1.29, 1.82) is 0 Å². The molecular weight excluding hydrogens is 256 g/mol. The Balaban J connectivity index is 2.13. The summed E-state index contributed by atoms with van der Waals surface area (Å²) in [5, 5.41) is 13.6. The van der Waals surface area contributed by atoms with Gasteiger partial charge in [-0.25, -0.2) is 0 Å². The van der Waals surface area contributed by atoms with E-state index in [1.54, 1.807) is 0 Å². The molecular formula is C15H16N2O3. The zero-order chi connectivity index (χ0) is 14.6. The summed E-state index contributed by atoms with van der Waals surface area (Å²) in [5.74, 6) is -0.221. The molecule has 20 heavy (non-hydrogen) atoms. The Morgan fingerprint density at radius 1 is 1.35 bits per heavy atom. The van der Waals surface area contributed by atoms with E-state index in [1.807, 2.05) is 31.2 Å². The van der Waals surface area contributed by atoms with E-state index in [-0.39, 0.29) is 17.1 Å². The number of nitro benzene ring substituents is 1. The van der Waals surface area contributed by atoms with E-state index < -0.39 is 4.92 Å². The van der Waals surface area contributed by atoms with Crippen LogP contribution in [-0.2, 0) is 0 Å². The van der Waals surface area contributed by atoms with Crippen LogP contribution < -0.4 is 5.32 Å². The van der Waals surface area contributed by atoms with E-state index in [0.717, 1.165) is 12.8 Å². The van der Waals surface area contributed by atoms with Crippen LogP contribution in [0.25, 0.3) is 0 Å². The Bertz CT molecular complexity index is 575. The van der Waals surface area contributed by atoms with Gasteiger partial charge in [-0.3, -0.25) is 14.9 Å². The first-order valence-corrected chi connectivity index (χ1v) is 6.48. The lowest BCUT2D eigenvalue weighted by Gasteiger charge is -2.31. The first kappa shape index (κ1) is 14.0. The third-order valence-corrected chi connectivity index (χ3v) is 3.48. The molecule has 1 atom stereocenters. The van der Waals surface area contributed by atoms with Crippen molar-refractivity contribution >= 4 is 11.6 Å². The molecule has 0 unspecified atom stereocenters. The molecule has 0 fully saturated rings. The number of carbonyl (C=O) groups excluding carboxylic acids is 1. The van der Waals surface area contributed by atoms with Crippen LogP contribution in [-0.4, -0.2) is 16.4 Å². The van der Waals surface area contributed by atoms with Crippen LogP contribution in [0.4, 0.5) is 5.69 Å². The first-order chi connectivity index (χ1) is 9.56. The molecule has 1 amide bonds. The van der Waals surface area contributed by atoms with Gasteiger partial charge >= 0.3 is 0 Å². The van der Waals surface area contributed by atoms with Gasteiger partial charge in [0.15, 0.2) is 0 Å². The smallest absolute Gasteiger partial charge is 0.269 e. The van der Waals surface area contributed by atoms with Crippen LogP contribution in [0.2, 0.25) is 0 Å². The van der Waals surface area contributed by atoms with Crippen molar-refractivity contribution in [1.82, 2.24) is 5.32 Å². The molecule has 0 spiro atoms. The quantitative estimate of drug-likeness (QED) is 0.676. The van der Waals surface area contributed by atoms with Gasteiger partial charge < -0.3 is 5.32 Å². The van der Waals surface area contributed by atoms with Gasteiger partial charge in [0.05, 0.1) is 10.5 Å². The number of allylic oxidation sites excluding steroid dienone is 2. The minimum Gasteiger partial charge on any atom is -0.343 e. The number of nitrogens with one attached hydrogen (secondary N) is 1. The maximum Gasteiger partial charge on any atom is 0.269 e. The number of hydrogen-bond donors (Lipinski definition) is 1. The maximum absolute atomic E-state index is 12.2. The normalized spacial score (nSPS) is 20.6. The number of benzene rings is 1. The molecule has 5 heteroatoms. The molecule has 0 heterocycles. The molecule has 1 aromatic carbocycles. The summed E-state index contributed by atoms with van der Waals surface area (Å²) >= 11 is 0. The van der Waals surface area contributed by atoms with Crippen LogP contribution in [0, 0.1) is 10.1 Å². The van der Waals surface area contributed by atoms with Crippen molar-refractivity contribution in [3.63, 3.8) is 0 Å². The van der Waals surface area contributed by atoms with Gasteiger partial charge in [0.2, 0.25) is 0 Å². The predicted octanol–water partition coefficient (Wildman–Crippen LogP) is 2.99. The fourth-order valence-corrected chi connectivity index (χ4v) is 2.14. The van der Waals surface area contributed by atoms with Crippen molar-refractivity contribution in [3.8, 4) is 0 Å². The summed E-state index contributed by atoms with van der Waals surface area (Å²) in [6.07, 6.45) is 9.40. The Morgan fingerprint density at radius 3 is 2.55 bits per heavy atom. The standard InChI is InChI=1S/C15H16N2O3/c1-2-15(10-4-3-5-11-15)16-14(18)12-6-8-13(9-7-12)17(19)20/h3-10H,2,11H2,1H3,(H,16,18)/t15-/m0/s1. The van der Waals surface area contributed by atoms with Crippen molar-refractivity contribution in [2.75, 3.05) is 0 Å². The van der Waals surface area contributed by atoms with E-state index in [4.69, 9.17) is 0 Å². The SMILES string of the molecule is CC[C@]1(NC(=O)c2ccc([N+](=O)[O-])cc2)C=CC=CC1. The van der Waals surface area contributed by atoms with Crippen LogP contribution in [0.1, 0.15) is 30.1 Å². The fourth-order valence-electron chi connectivity index (χ4n) is 2.14. The van der Waals surface area contributed by atoms with Crippen molar-refractivity contribution in [3.05, 3.63) is 64.2 Å². The van der Waals surface area contributed by atoms with E-state index in [1.165, 1.54) is 24.3 Å². The highest BCUT2D eigenvalue weighted by Crippen LogP contribution is 2.22. The summed E-state index contributed by atoms with van der Waals surface area (Å²) in [6.45, 7) is 2.01. The number of nitrogens with zero attached hydrogens (tertiary/aromatic N) is 1.